The summed E-state index contributed by atoms with van der Waals surface area (Å²) >= 11 is 1.56. The first-order valence-electron chi connectivity index (χ1n) is 12.3. The highest BCUT2D eigenvalue weighted by atomic mass is 32.1. The molecule has 0 spiro atoms. The summed E-state index contributed by atoms with van der Waals surface area (Å²) in [6.07, 6.45) is 2.84. The first-order valence-corrected chi connectivity index (χ1v) is 13.1. The molecule has 1 heterocycles. The molecule has 1 aromatic heterocycles. The molecule has 0 aliphatic heterocycles. The van der Waals surface area contributed by atoms with Crippen molar-refractivity contribution >= 4 is 33.8 Å². The van der Waals surface area contributed by atoms with E-state index in [2.05, 4.69) is 36.7 Å². The van der Waals surface area contributed by atoms with Crippen LogP contribution in [0.3, 0.4) is 0 Å². The summed E-state index contributed by atoms with van der Waals surface area (Å²) in [5.41, 5.74) is 4.93. The Morgan fingerprint density at radius 3 is 2.40 bits per heavy atom. The van der Waals surface area contributed by atoms with Gasteiger partial charge in [0.1, 0.15) is 5.00 Å². The van der Waals surface area contributed by atoms with Crippen LogP contribution in [-0.4, -0.2) is 18.4 Å². The van der Waals surface area contributed by atoms with Gasteiger partial charge in [-0.2, -0.15) is 0 Å². The lowest BCUT2D eigenvalue weighted by molar-refractivity contribution is -0.115. The molecule has 5 nitrogen and oxygen atoms in total. The summed E-state index contributed by atoms with van der Waals surface area (Å²) in [6.45, 7) is 9.66. The van der Waals surface area contributed by atoms with Crippen molar-refractivity contribution in [1.82, 2.24) is 5.32 Å². The molecule has 0 saturated carbocycles. The highest BCUT2D eigenvalue weighted by Gasteiger charge is 2.34. The van der Waals surface area contributed by atoms with E-state index >= 15 is 0 Å². The number of rotatable bonds is 7. The van der Waals surface area contributed by atoms with Gasteiger partial charge < -0.3 is 16.0 Å². The quantitative estimate of drug-likeness (QED) is 0.371. The van der Waals surface area contributed by atoms with Crippen LogP contribution < -0.4 is 16.0 Å². The van der Waals surface area contributed by atoms with E-state index in [0.717, 1.165) is 41.6 Å². The Balaban J connectivity index is 1.52. The number of nitrogens with one attached hydrogen (secondary N) is 3. The average molecular weight is 490 g/mol. The highest BCUT2D eigenvalue weighted by molar-refractivity contribution is 7.17. The van der Waals surface area contributed by atoms with Crippen molar-refractivity contribution in [1.29, 1.82) is 0 Å². The summed E-state index contributed by atoms with van der Waals surface area (Å²) in [5.74, 6) is 0.252. The summed E-state index contributed by atoms with van der Waals surface area (Å²) in [5, 5.41) is 9.93. The standard InChI is InChI=1S/C29H35N3O2S/c1-19-10-13-22(14-11-19)31-27(34)26-23-15-12-21(29(2,3)4)16-24(23)35-28(26)32-25(33)18-30-17-20-8-6-5-7-9-20/h5-11,13-14,21,30H,12,15-18H2,1-4H3,(H,31,34)(H,32,33)/t21-/m0/s1. The van der Waals surface area contributed by atoms with Gasteiger partial charge in [0.2, 0.25) is 5.91 Å². The van der Waals surface area contributed by atoms with Crippen molar-refractivity contribution in [2.24, 2.45) is 11.3 Å². The molecular formula is C29H35N3O2S. The number of aryl methyl sites for hydroxylation is 1. The topological polar surface area (TPSA) is 70.2 Å². The van der Waals surface area contributed by atoms with Crippen molar-refractivity contribution in [3.8, 4) is 0 Å². The number of hydrogen-bond donors (Lipinski definition) is 3. The van der Waals surface area contributed by atoms with E-state index in [9.17, 15) is 9.59 Å². The number of benzene rings is 2. The number of amides is 2. The molecule has 2 amide bonds. The minimum atomic E-state index is -0.159. The van der Waals surface area contributed by atoms with E-state index in [1.165, 1.54) is 4.88 Å². The number of hydrogen-bond acceptors (Lipinski definition) is 4. The van der Waals surface area contributed by atoms with E-state index in [1.807, 2.05) is 61.5 Å². The fourth-order valence-electron chi connectivity index (χ4n) is 4.57. The van der Waals surface area contributed by atoms with E-state index in [-0.39, 0.29) is 23.8 Å². The van der Waals surface area contributed by atoms with E-state index in [0.29, 0.717) is 23.0 Å². The Labute approximate surface area is 212 Å². The number of carbonyl (C=O) groups excluding carboxylic acids is 2. The molecule has 0 bridgehead atoms. The first-order chi connectivity index (χ1) is 16.7. The Morgan fingerprint density at radius 1 is 1.00 bits per heavy atom. The van der Waals surface area contributed by atoms with Crippen LogP contribution in [0.5, 0.6) is 0 Å². The molecule has 4 rings (SSSR count). The summed E-state index contributed by atoms with van der Waals surface area (Å²) in [6, 6.07) is 17.8. The largest absolute Gasteiger partial charge is 0.322 e. The zero-order valence-electron chi connectivity index (χ0n) is 21.0. The molecular weight excluding hydrogens is 454 g/mol. The van der Waals surface area contributed by atoms with Gasteiger partial charge in [-0.15, -0.1) is 11.3 Å². The SMILES string of the molecule is Cc1ccc(NC(=O)c2c(NC(=O)CNCc3ccccc3)sc3c2CC[C@H](C(C)(C)C)C3)cc1. The number of carbonyl (C=O) groups is 2. The average Bonchev–Trinajstić information content (AvgIpc) is 3.17. The van der Waals surface area contributed by atoms with Gasteiger partial charge in [-0.05, 0) is 60.8 Å². The van der Waals surface area contributed by atoms with Crippen LogP contribution in [0.25, 0.3) is 0 Å². The van der Waals surface area contributed by atoms with Crippen LogP contribution in [0.4, 0.5) is 10.7 Å². The molecule has 0 unspecified atom stereocenters. The molecule has 1 aliphatic carbocycles. The second-order valence-electron chi connectivity index (χ2n) is 10.5. The Hall–Kier alpha value is -2.96. The van der Waals surface area contributed by atoms with E-state index < -0.39 is 0 Å². The smallest absolute Gasteiger partial charge is 0.258 e. The van der Waals surface area contributed by atoms with Gasteiger partial charge in [-0.25, -0.2) is 0 Å². The second kappa shape index (κ2) is 10.8. The maximum atomic E-state index is 13.4. The van der Waals surface area contributed by atoms with Gasteiger partial charge >= 0.3 is 0 Å². The van der Waals surface area contributed by atoms with Crippen molar-refractivity contribution in [2.45, 2.75) is 53.5 Å². The van der Waals surface area contributed by atoms with Crippen LogP contribution in [0.1, 0.15) is 59.1 Å². The predicted molar refractivity (Wildman–Crippen MR) is 145 cm³/mol. The maximum absolute atomic E-state index is 13.4. The molecule has 2 aromatic carbocycles. The van der Waals surface area contributed by atoms with Crippen LogP contribution in [0, 0.1) is 18.3 Å². The molecule has 3 N–H and O–H groups in total. The van der Waals surface area contributed by atoms with E-state index in [4.69, 9.17) is 0 Å². The minimum absolute atomic E-state index is 0.142. The van der Waals surface area contributed by atoms with Crippen molar-refractivity contribution < 1.29 is 9.59 Å². The number of anilines is 2. The van der Waals surface area contributed by atoms with Gasteiger partial charge in [-0.3, -0.25) is 9.59 Å². The van der Waals surface area contributed by atoms with Crippen LogP contribution in [0.2, 0.25) is 0 Å². The third kappa shape index (κ3) is 6.38. The zero-order valence-corrected chi connectivity index (χ0v) is 21.9. The van der Waals surface area contributed by atoms with Gasteiger partial charge in [-0.1, -0.05) is 68.8 Å². The monoisotopic (exact) mass is 489 g/mol. The third-order valence-electron chi connectivity index (χ3n) is 6.74. The fraction of sp³-hybridized carbons (Fsp3) is 0.379. The molecule has 6 heteroatoms. The van der Waals surface area contributed by atoms with Gasteiger partial charge in [0.25, 0.3) is 5.91 Å². The second-order valence-corrected chi connectivity index (χ2v) is 11.6. The lowest BCUT2D eigenvalue weighted by Crippen LogP contribution is -2.28. The maximum Gasteiger partial charge on any atom is 0.258 e. The molecule has 1 atom stereocenters. The summed E-state index contributed by atoms with van der Waals surface area (Å²) in [7, 11) is 0. The Bertz CT molecular complexity index is 1180. The Kier molecular flexibility index (Phi) is 7.72. The lowest BCUT2D eigenvalue weighted by Gasteiger charge is -2.33. The highest BCUT2D eigenvalue weighted by Crippen LogP contribution is 2.44. The number of fused-ring (bicyclic) bond motifs is 1. The first kappa shape index (κ1) is 25.1. The molecule has 1 aliphatic rings. The molecule has 0 fully saturated rings. The Morgan fingerprint density at radius 2 is 1.71 bits per heavy atom. The summed E-state index contributed by atoms with van der Waals surface area (Å²) in [4.78, 5) is 27.5. The predicted octanol–water partition coefficient (Wildman–Crippen LogP) is 6.19. The fourth-order valence-corrected chi connectivity index (χ4v) is 5.91. The van der Waals surface area contributed by atoms with Crippen molar-refractivity contribution in [3.63, 3.8) is 0 Å². The molecule has 3 aromatic rings. The van der Waals surface area contributed by atoms with Gasteiger partial charge in [0.15, 0.2) is 0 Å². The number of thiophene rings is 1. The lowest BCUT2D eigenvalue weighted by atomic mass is 9.72. The molecule has 0 radical (unpaired) electrons. The van der Waals surface area contributed by atoms with Crippen molar-refractivity contribution in [3.05, 3.63) is 81.7 Å². The normalized spacial score (nSPS) is 15.4. The van der Waals surface area contributed by atoms with Gasteiger partial charge in [0, 0.05) is 17.1 Å². The molecule has 184 valence electrons. The third-order valence-corrected chi connectivity index (χ3v) is 7.91. The summed E-state index contributed by atoms with van der Waals surface area (Å²) < 4.78 is 0. The van der Waals surface area contributed by atoms with Crippen LogP contribution >= 0.6 is 11.3 Å². The molecule has 0 saturated heterocycles. The van der Waals surface area contributed by atoms with Gasteiger partial charge in [0.05, 0.1) is 12.1 Å². The minimum Gasteiger partial charge on any atom is -0.322 e. The zero-order chi connectivity index (χ0) is 25.0. The van der Waals surface area contributed by atoms with E-state index in [1.54, 1.807) is 11.3 Å². The van der Waals surface area contributed by atoms with Crippen molar-refractivity contribution in [2.75, 3.05) is 17.2 Å². The molecule has 35 heavy (non-hydrogen) atoms. The van der Waals surface area contributed by atoms with Crippen LogP contribution in [0.15, 0.2) is 54.6 Å². The van der Waals surface area contributed by atoms with Crippen LogP contribution in [-0.2, 0) is 24.2 Å².